The van der Waals surface area contributed by atoms with Crippen LogP contribution in [0.4, 0.5) is 5.95 Å². The molecular weight excluding hydrogens is 350 g/mol. The molecule has 3 rings (SSSR count). The van der Waals surface area contributed by atoms with Crippen molar-refractivity contribution in [2.45, 2.75) is 32.7 Å². The van der Waals surface area contributed by atoms with Gasteiger partial charge in [0.15, 0.2) is 15.9 Å². The van der Waals surface area contributed by atoms with Crippen LogP contribution in [0.25, 0.3) is 16.9 Å². The lowest BCUT2D eigenvalue weighted by molar-refractivity contribution is 0.612. The van der Waals surface area contributed by atoms with E-state index in [1.54, 1.807) is 4.90 Å². The summed E-state index contributed by atoms with van der Waals surface area (Å²) in [5.41, 5.74) is 0.876. The van der Waals surface area contributed by atoms with Crippen molar-refractivity contribution < 1.29 is 0 Å². The smallest absolute Gasteiger partial charge is 0.288 e. The number of anilines is 1. The lowest BCUT2D eigenvalue weighted by atomic mass is 10.2. The fourth-order valence-corrected chi connectivity index (χ4v) is 2.89. The van der Waals surface area contributed by atoms with E-state index in [9.17, 15) is 4.79 Å². The van der Waals surface area contributed by atoms with Gasteiger partial charge in [0.05, 0.1) is 0 Å². The highest BCUT2D eigenvalue weighted by atomic mass is 79.9. The van der Waals surface area contributed by atoms with Crippen LogP contribution in [0.2, 0.25) is 0 Å². The zero-order chi connectivity index (χ0) is 15.9. The molecule has 0 aliphatic heterocycles. The average Bonchev–Trinajstić information content (AvgIpc) is 3.06. The van der Waals surface area contributed by atoms with Gasteiger partial charge in [0, 0.05) is 20.6 Å². The van der Waals surface area contributed by atoms with Gasteiger partial charge in [0.1, 0.15) is 0 Å². The molecule has 3 heterocycles. The molecule has 0 aliphatic rings. The molecule has 0 aliphatic carbocycles. The van der Waals surface area contributed by atoms with E-state index in [0.717, 1.165) is 25.8 Å². The van der Waals surface area contributed by atoms with Crippen LogP contribution in [0.1, 0.15) is 26.2 Å². The van der Waals surface area contributed by atoms with Crippen molar-refractivity contribution in [2.75, 3.05) is 19.0 Å². The Bertz CT molecular complexity index is 876. The molecule has 0 atom stereocenters. The number of fused-ring (bicyclic) bond motifs is 2. The molecular formula is C13H18BrN7O. The summed E-state index contributed by atoms with van der Waals surface area (Å²) in [5.74, 6) is 1.04. The van der Waals surface area contributed by atoms with Crippen molar-refractivity contribution in [2.24, 2.45) is 0 Å². The van der Waals surface area contributed by atoms with Crippen molar-refractivity contribution in [3.8, 4) is 0 Å². The molecule has 9 heteroatoms. The van der Waals surface area contributed by atoms with Gasteiger partial charge in [-0.15, -0.1) is 10.2 Å². The van der Waals surface area contributed by atoms with E-state index in [0.29, 0.717) is 27.6 Å². The lowest BCUT2D eigenvalue weighted by Crippen LogP contribution is -2.23. The van der Waals surface area contributed by atoms with Gasteiger partial charge in [0.2, 0.25) is 11.7 Å². The first-order valence-electron chi connectivity index (χ1n) is 7.25. The molecule has 8 nitrogen and oxygen atoms in total. The summed E-state index contributed by atoms with van der Waals surface area (Å²) in [5, 5.41) is 8.34. The minimum Gasteiger partial charge on any atom is -0.347 e. The van der Waals surface area contributed by atoms with E-state index in [2.05, 4.69) is 43.0 Å². The number of aromatic nitrogens is 6. The number of unbranched alkanes of at least 4 members (excludes halogenated alkanes) is 2. The van der Waals surface area contributed by atoms with Crippen molar-refractivity contribution in [1.82, 2.24) is 29.1 Å². The molecule has 0 amide bonds. The summed E-state index contributed by atoms with van der Waals surface area (Å²) in [6.07, 6.45) is 3.23. The van der Waals surface area contributed by atoms with Crippen LogP contribution in [0, 0.1) is 0 Å². The fourth-order valence-electron chi connectivity index (χ4n) is 2.53. The maximum atomic E-state index is 12.7. The zero-order valence-electron chi connectivity index (χ0n) is 12.8. The first kappa shape index (κ1) is 15.0. The largest absolute Gasteiger partial charge is 0.347 e. The third-order valence-corrected chi connectivity index (χ3v) is 3.96. The second-order valence-corrected chi connectivity index (χ2v) is 6.17. The molecule has 0 fully saturated rings. The van der Waals surface area contributed by atoms with Crippen LogP contribution in [0.15, 0.2) is 9.53 Å². The highest BCUT2D eigenvalue weighted by Crippen LogP contribution is 2.18. The quantitative estimate of drug-likeness (QED) is 0.548. The number of hydrogen-bond donors (Lipinski definition) is 1. The zero-order valence-corrected chi connectivity index (χ0v) is 14.4. The fraction of sp³-hybridized carbons (Fsp3) is 0.538. The van der Waals surface area contributed by atoms with Gasteiger partial charge in [-0.3, -0.25) is 9.36 Å². The summed E-state index contributed by atoms with van der Waals surface area (Å²) in [7, 11) is 3.68. The predicted octanol–water partition coefficient (Wildman–Crippen LogP) is 1.79. The molecule has 0 unspecified atom stereocenters. The maximum Gasteiger partial charge on any atom is 0.288 e. The number of nitrogens with zero attached hydrogens (tertiary/aromatic N) is 6. The highest BCUT2D eigenvalue weighted by molar-refractivity contribution is 9.10. The molecule has 3 aromatic heterocycles. The summed E-state index contributed by atoms with van der Waals surface area (Å²) in [4.78, 5) is 21.9. The number of H-pyrrole nitrogens is 1. The summed E-state index contributed by atoms with van der Waals surface area (Å²) >= 11 is 3.31. The maximum absolute atomic E-state index is 12.7. The van der Waals surface area contributed by atoms with Crippen molar-refractivity contribution >= 4 is 38.8 Å². The Kier molecular flexibility index (Phi) is 3.90. The molecule has 0 saturated heterocycles. The summed E-state index contributed by atoms with van der Waals surface area (Å²) < 4.78 is 4.02. The molecule has 22 heavy (non-hydrogen) atoms. The molecule has 3 aromatic rings. The highest BCUT2D eigenvalue weighted by Gasteiger charge is 2.19. The predicted molar refractivity (Wildman–Crippen MR) is 88.5 cm³/mol. The Balaban J connectivity index is 2.32. The minimum absolute atomic E-state index is 0.191. The average molecular weight is 368 g/mol. The number of rotatable bonds is 5. The molecule has 0 bridgehead atoms. The Morgan fingerprint density at radius 1 is 1.27 bits per heavy atom. The molecule has 0 aromatic carbocycles. The van der Waals surface area contributed by atoms with Crippen LogP contribution in [-0.4, -0.2) is 43.2 Å². The van der Waals surface area contributed by atoms with E-state index in [-0.39, 0.29) is 5.56 Å². The molecule has 118 valence electrons. The minimum atomic E-state index is -0.191. The first-order valence-corrected chi connectivity index (χ1v) is 8.04. The van der Waals surface area contributed by atoms with Crippen LogP contribution < -0.4 is 10.5 Å². The monoisotopic (exact) mass is 367 g/mol. The van der Waals surface area contributed by atoms with Crippen molar-refractivity contribution in [3.05, 3.63) is 15.1 Å². The van der Waals surface area contributed by atoms with E-state index in [4.69, 9.17) is 0 Å². The van der Waals surface area contributed by atoms with Crippen LogP contribution >= 0.6 is 15.9 Å². The second-order valence-electron chi connectivity index (χ2n) is 5.42. The molecule has 0 spiro atoms. The first-order chi connectivity index (χ1) is 10.5. The topological polar surface area (TPSA) is 84.1 Å². The molecule has 1 N–H and O–H groups in total. The Morgan fingerprint density at radius 2 is 2.05 bits per heavy atom. The lowest BCUT2D eigenvalue weighted by Gasteiger charge is -2.11. The van der Waals surface area contributed by atoms with Gasteiger partial charge >= 0.3 is 0 Å². The van der Waals surface area contributed by atoms with Gasteiger partial charge in [-0.25, -0.2) is 9.38 Å². The van der Waals surface area contributed by atoms with E-state index in [1.807, 2.05) is 18.7 Å². The van der Waals surface area contributed by atoms with Crippen LogP contribution in [0.5, 0.6) is 0 Å². The number of hydrogen-bond acceptors (Lipinski definition) is 5. The number of aryl methyl sites for hydroxylation is 1. The van der Waals surface area contributed by atoms with Gasteiger partial charge in [-0.05, 0) is 22.4 Å². The van der Waals surface area contributed by atoms with Gasteiger partial charge < -0.3 is 9.88 Å². The second kappa shape index (κ2) is 5.71. The van der Waals surface area contributed by atoms with Gasteiger partial charge in [0.25, 0.3) is 5.56 Å². The standard InChI is InChI=1S/C13H18BrN7O/c1-4-5-6-7-20-9-8(15-11(14)16-9)10(22)21-12(19(2)3)17-18-13(20)21/h4-7H2,1-3H3,(H,15,16). The number of halogens is 1. The van der Waals surface area contributed by atoms with Gasteiger partial charge in [-0.2, -0.15) is 0 Å². The van der Waals surface area contributed by atoms with Crippen LogP contribution in [-0.2, 0) is 6.54 Å². The SMILES string of the molecule is CCCCCn1c2nc(Br)[nH]c2c(=O)n2c(N(C)C)nnc12. The third-order valence-electron chi connectivity index (χ3n) is 3.58. The number of aromatic amines is 1. The van der Waals surface area contributed by atoms with E-state index in [1.165, 1.54) is 4.40 Å². The Labute approximate surface area is 135 Å². The third kappa shape index (κ3) is 2.29. The normalized spacial score (nSPS) is 11.6. The molecule has 0 saturated carbocycles. The van der Waals surface area contributed by atoms with Crippen molar-refractivity contribution in [1.29, 1.82) is 0 Å². The number of nitrogens with one attached hydrogen (secondary N) is 1. The summed E-state index contributed by atoms with van der Waals surface area (Å²) in [6.45, 7) is 2.90. The van der Waals surface area contributed by atoms with Gasteiger partial charge in [-0.1, -0.05) is 19.8 Å². The Morgan fingerprint density at radius 3 is 2.73 bits per heavy atom. The summed E-state index contributed by atoms with van der Waals surface area (Å²) in [6, 6.07) is 0. The number of imidazole rings is 1. The molecule has 0 radical (unpaired) electrons. The van der Waals surface area contributed by atoms with E-state index >= 15 is 0 Å². The van der Waals surface area contributed by atoms with Crippen LogP contribution in [0.3, 0.4) is 0 Å². The van der Waals surface area contributed by atoms with E-state index < -0.39 is 0 Å². The Hall–Kier alpha value is -1.90. The van der Waals surface area contributed by atoms with Crippen molar-refractivity contribution in [3.63, 3.8) is 0 Å².